The molecule has 0 radical (unpaired) electrons. The van der Waals surface area contributed by atoms with Gasteiger partial charge in [0.15, 0.2) is 0 Å². The fraction of sp³-hybridized carbons (Fsp3) is 0.562. The van der Waals surface area contributed by atoms with Crippen molar-refractivity contribution in [2.45, 2.75) is 46.3 Å². The van der Waals surface area contributed by atoms with Crippen molar-refractivity contribution in [1.29, 1.82) is 0 Å². The lowest BCUT2D eigenvalue weighted by atomic mass is 10.0. The highest BCUT2D eigenvalue weighted by Crippen LogP contribution is 2.19. The fourth-order valence-electron chi connectivity index (χ4n) is 2.58. The maximum Gasteiger partial charge on any atom is 0.0841 e. The summed E-state index contributed by atoms with van der Waals surface area (Å²) in [5.74, 6) is 1.27. The van der Waals surface area contributed by atoms with Crippen molar-refractivity contribution >= 4 is 22.5 Å². The van der Waals surface area contributed by atoms with Crippen LogP contribution in [0.2, 0.25) is 0 Å². The molecule has 2 rings (SSSR count). The molecule has 0 saturated heterocycles. The number of rotatable bonds is 7. The molecule has 1 aromatic carbocycles. The second-order valence-electron chi connectivity index (χ2n) is 5.49. The lowest BCUT2D eigenvalue weighted by Gasteiger charge is -2.21. The zero-order valence-electron chi connectivity index (χ0n) is 12.6. The zero-order valence-corrected chi connectivity index (χ0v) is 13.3. The van der Waals surface area contributed by atoms with Gasteiger partial charge in [0.1, 0.15) is 0 Å². The summed E-state index contributed by atoms with van der Waals surface area (Å²) in [5, 5.41) is 9.57. The van der Waals surface area contributed by atoms with E-state index in [2.05, 4.69) is 55.0 Å². The number of benzene rings is 1. The van der Waals surface area contributed by atoms with Crippen molar-refractivity contribution in [2.75, 3.05) is 5.88 Å². The van der Waals surface area contributed by atoms with Gasteiger partial charge in [-0.3, -0.25) is 4.68 Å². The molecule has 3 nitrogen and oxygen atoms in total. The zero-order chi connectivity index (χ0) is 14.5. The number of hydrogen-bond donors (Lipinski definition) is 1. The quantitative estimate of drug-likeness (QED) is 0.787. The highest BCUT2D eigenvalue weighted by atomic mass is 35.5. The number of halogens is 1. The van der Waals surface area contributed by atoms with Gasteiger partial charge in [-0.15, -0.1) is 11.6 Å². The number of hydrogen-bond acceptors (Lipinski definition) is 2. The SMILES string of the molecule is CCn1nc(CNC(CCCl)C(C)C)c2ccccc21. The molecule has 4 heteroatoms. The first-order valence-electron chi connectivity index (χ1n) is 7.41. The third-order valence-electron chi connectivity index (χ3n) is 3.79. The lowest BCUT2D eigenvalue weighted by molar-refractivity contribution is 0.386. The monoisotopic (exact) mass is 293 g/mol. The van der Waals surface area contributed by atoms with Crippen LogP contribution in [0.15, 0.2) is 24.3 Å². The standard InChI is InChI=1S/C16H24ClN3/c1-4-20-16-8-6-5-7-13(16)15(19-20)11-18-14(9-10-17)12(2)3/h5-8,12,14,18H,4,9-11H2,1-3H3. The summed E-state index contributed by atoms with van der Waals surface area (Å²) in [5.41, 5.74) is 2.34. The Morgan fingerprint density at radius 2 is 2.05 bits per heavy atom. The fourth-order valence-corrected chi connectivity index (χ4v) is 2.82. The van der Waals surface area contributed by atoms with Gasteiger partial charge in [-0.2, -0.15) is 5.10 Å². The van der Waals surface area contributed by atoms with Crippen molar-refractivity contribution in [3.8, 4) is 0 Å². The smallest absolute Gasteiger partial charge is 0.0841 e. The summed E-state index contributed by atoms with van der Waals surface area (Å²) >= 11 is 5.88. The molecule has 0 amide bonds. The summed E-state index contributed by atoms with van der Waals surface area (Å²) in [6.45, 7) is 8.28. The van der Waals surface area contributed by atoms with Crippen molar-refractivity contribution < 1.29 is 0 Å². The Balaban J connectivity index is 2.17. The second-order valence-corrected chi connectivity index (χ2v) is 5.87. The number of nitrogens with zero attached hydrogens (tertiary/aromatic N) is 2. The largest absolute Gasteiger partial charge is 0.308 e. The van der Waals surface area contributed by atoms with E-state index in [1.54, 1.807) is 0 Å². The molecule has 0 spiro atoms. The molecule has 0 fully saturated rings. The van der Waals surface area contributed by atoms with E-state index < -0.39 is 0 Å². The van der Waals surface area contributed by atoms with E-state index in [0.717, 1.165) is 25.2 Å². The van der Waals surface area contributed by atoms with Crippen LogP contribution in [-0.4, -0.2) is 21.7 Å². The van der Waals surface area contributed by atoms with Gasteiger partial charge in [0.05, 0.1) is 11.2 Å². The van der Waals surface area contributed by atoms with Crippen LogP contribution in [0.1, 0.15) is 32.9 Å². The third kappa shape index (κ3) is 3.33. The first kappa shape index (κ1) is 15.3. The Bertz CT molecular complexity index is 548. The van der Waals surface area contributed by atoms with Gasteiger partial charge < -0.3 is 5.32 Å². The molecule has 0 aliphatic rings. The Morgan fingerprint density at radius 1 is 1.30 bits per heavy atom. The Kier molecular flexibility index (Phi) is 5.44. The maximum atomic E-state index is 5.88. The van der Waals surface area contributed by atoms with Gasteiger partial charge in [-0.25, -0.2) is 0 Å². The first-order valence-corrected chi connectivity index (χ1v) is 7.94. The van der Waals surface area contributed by atoms with Gasteiger partial charge in [-0.1, -0.05) is 32.0 Å². The molecular weight excluding hydrogens is 270 g/mol. The van der Waals surface area contributed by atoms with Crippen LogP contribution >= 0.6 is 11.6 Å². The third-order valence-corrected chi connectivity index (χ3v) is 4.01. The summed E-state index contributed by atoms with van der Waals surface area (Å²) < 4.78 is 2.07. The average Bonchev–Trinajstić information content (AvgIpc) is 2.81. The number of aryl methyl sites for hydroxylation is 1. The van der Waals surface area contributed by atoms with Gasteiger partial charge in [0.25, 0.3) is 0 Å². The molecule has 1 heterocycles. The van der Waals surface area contributed by atoms with E-state index >= 15 is 0 Å². The minimum Gasteiger partial charge on any atom is -0.308 e. The van der Waals surface area contributed by atoms with E-state index in [0.29, 0.717) is 17.8 Å². The molecule has 0 aliphatic heterocycles. The molecule has 110 valence electrons. The molecule has 0 aliphatic carbocycles. The van der Waals surface area contributed by atoms with E-state index in [1.807, 2.05) is 0 Å². The number of aromatic nitrogens is 2. The number of para-hydroxylation sites is 1. The number of alkyl halides is 1. The molecule has 0 saturated carbocycles. The number of fused-ring (bicyclic) bond motifs is 1. The van der Waals surface area contributed by atoms with Crippen LogP contribution in [0, 0.1) is 5.92 Å². The van der Waals surface area contributed by atoms with Crippen LogP contribution in [0.4, 0.5) is 0 Å². The average molecular weight is 294 g/mol. The van der Waals surface area contributed by atoms with Crippen molar-refractivity contribution in [3.05, 3.63) is 30.0 Å². The van der Waals surface area contributed by atoms with Crippen LogP contribution in [-0.2, 0) is 13.1 Å². The Labute approximate surface area is 126 Å². The van der Waals surface area contributed by atoms with Crippen molar-refractivity contribution in [2.24, 2.45) is 5.92 Å². The molecule has 20 heavy (non-hydrogen) atoms. The molecular formula is C16H24ClN3. The molecule has 1 atom stereocenters. The molecule has 1 aromatic heterocycles. The van der Waals surface area contributed by atoms with E-state index in [4.69, 9.17) is 16.7 Å². The van der Waals surface area contributed by atoms with Crippen LogP contribution in [0.5, 0.6) is 0 Å². The summed E-state index contributed by atoms with van der Waals surface area (Å²) in [4.78, 5) is 0. The Morgan fingerprint density at radius 3 is 2.70 bits per heavy atom. The summed E-state index contributed by atoms with van der Waals surface area (Å²) in [7, 11) is 0. The minimum absolute atomic E-state index is 0.443. The van der Waals surface area contributed by atoms with Gasteiger partial charge in [0.2, 0.25) is 0 Å². The lowest BCUT2D eigenvalue weighted by Crippen LogP contribution is -2.34. The highest BCUT2D eigenvalue weighted by Gasteiger charge is 2.14. The minimum atomic E-state index is 0.443. The van der Waals surface area contributed by atoms with Crippen LogP contribution in [0.25, 0.3) is 10.9 Å². The highest BCUT2D eigenvalue weighted by molar-refractivity contribution is 6.17. The van der Waals surface area contributed by atoms with Crippen LogP contribution < -0.4 is 5.32 Å². The molecule has 1 unspecified atom stereocenters. The molecule has 2 aromatic rings. The topological polar surface area (TPSA) is 29.9 Å². The predicted molar refractivity (Wildman–Crippen MR) is 86.2 cm³/mol. The normalized spacial score (nSPS) is 13.2. The number of nitrogens with one attached hydrogen (secondary N) is 1. The Hall–Kier alpha value is -1.06. The van der Waals surface area contributed by atoms with Crippen LogP contribution in [0.3, 0.4) is 0 Å². The summed E-state index contributed by atoms with van der Waals surface area (Å²) in [6.07, 6.45) is 0.992. The van der Waals surface area contributed by atoms with E-state index in [9.17, 15) is 0 Å². The first-order chi connectivity index (χ1) is 9.67. The van der Waals surface area contributed by atoms with E-state index in [-0.39, 0.29) is 0 Å². The maximum absolute atomic E-state index is 5.88. The molecule has 0 bridgehead atoms. The van der Waals surface area contributed by atoms with Crippen molar-refractivity contribution in [3.63, 3.8) is 0 Å². The predicted octanol–water partition coefficient (Wildman–Crippen LogP) is 3.80. The van der Waals surface area contributed by atoms with Gasteiger partial charge >= 0.3 is 0 Å². The second kappa shape index (κ2) is 7.09. The van der Waals surface area contributed by atoms with E-state index in [1.165, 1.54) is 10.9 Å². The summed E-state index contributed by atoms with van der Waals surface area (Å²) in [6, 6.07) is 8.87. The van der Waals surface area contributed by atoms with Gasteiger partial charge in [-0.05, 0) is 25.3 Å². The van der Waals surface area contributed by atoms with Gasteiger partial charge in [0, 0.05) is 30.4 Å². The van der Waals surface area contributed by atoms with Crippen molar-refractivity contribution in [1.82, 2.24) is 15.1 Å². The molecule has 1 N–H and O–H groups in total.